The molecule has 2 aromatic carbocycles. The summed E-state index contributed by atoms with van der Waals surface area (Å²) < 4.78 is 5.77. The number of halogens is 2. The first-order chi connectivity index (χ1) is 9.72. The summed E-state index contributed by atoms with van der Waals surface area (Å²) in [6.45, 7) is 0.519. The van der Waals surface area contributed by atoms with Crippen molar-refractivity contribution >= 4 is 34.1 Å². The molecular formula is C16H11Cl2NO. The summed E-state index contributed by atoms with van der Waals surface area (Å²) in [5.41, 5.74) is 1.88. The van der Waals surface area contributed by atoms with Gasteiger partial charge >= 0.3 is 0 Å². The molecule has 1 heterocycles. The Labute approximate surface area is 126 Å². The molecule has 3 aromatic rings. The molecule has 0 aliphatic carbocycles. The van der Waals surface area contributed by atoms with Gasteiger partial charge in [0.2, 0.25) is 0 Å². The highest BCUT2D eigenvalue weighted by Crippen LogP contribution is 2.28. The SMILES string of the molecule is Clc1cc(Cl)c2cc(OCc3ccccc3)ccc2n1. The predicted octanol–water partition coefficient (Wildman–Crippen LogP) is 5.12. The van der Waals surface area contributed by atoms with Crippen LogP contribution in [0.5, 0.6) is 5.75 Å². The highest BCUT2D eigenvalue weighted by Gasteiger charge is 2.05. The molecule has 0 saturated carbocycles. The maximum absolute atomic E-state index is 6.17. The second kappa shape index (κ2) is 5.70. The van der Waals surface area contributed by atoms with Crippen molar-refractivity contribution < 1.29 is 4.74 Å². The molecule has 20 heavy (non-hydrogen) atoms. The van der Waals surface area contributed by atoms with Crippen LogP contribution < -0.4 is 4.74 Å². The molecule has 0 spiro atoms. The molecule has 0 N–H and O–H groups in total. The molecule has 0 bridgehead atoms. The lowest BCUT2D eigenvalue weighted by Gasteiger charge is -2.08. The highest BCUT2D eigenvalue weighted by molar-refractivity contribution is 6.37. The number of hydrogen-bond donors (Lipinski definition) is 0. The van der Waals surface area contributed by atoms with Crippen molar-refractivity contribution in [2.24, 2.45) is 0 Å². The Balaban J connectivity index is 1.86. The van der Waals surface area contributed by atoms with Crippen LogP contribution in [0.2, 0.25) is 10.2 Å². The van der Waals surface area contributed by atoms with Gasteiger partial charge in [-0.15, -0.1) is 0 Å². The van der Waals surface area contributed by atoms with Gasteiger partial charge in [0.1, 0.15) is 17.5 Å². The van der Waals surface area contributed by atoms with Crippen molar-refractivity contribution in [3.63, 3.8) is 0 Å². The lowest BCUT2D eigenvalue weighted by molar-refractivity contribution is 0.306. The van der Waals surface area contributed by atoms with E-state index in [1.54, 1.807) is 6.07 Å². The largest absolute Gasteiger partial charge is 0.489 e. The number of rotatable bonds is 3. The van der Waals surface area contributed by atoms with Crippen molar-refractivity contribution in [3.05, 3.63) is 70.3 Å². The quantitative estimate of drug-likeness (QED) is 0.626. The minimum Gasteiger partial charge on any atom is -0.489 e. The molecule has 0 aliphatic rings. The first kappa shape index (κ1) is 13.2. The second-order valence-corrected chi connectivity index (χ2v) is 5.17. The summed E-state index contributed by atoms with van der Waals surface area (Å²) in [4.78, 5) is 4.22. The van der Waals surface area contributed by atoms with E-state index in [0.717, 1.165) is 22.2 Å². The standard InChI is InChI=1S/C16H11Cl2NO/c17-14-9-16(18)19-15-7-6-12(8-13(14)15)20-10-11-4-2-1-3-5-11/h1-9H,10H2. The summed E-state index contributed by atoms with van der Waals surface area (Å²) >= 11 is 12.0. The van der Waals surface area contributed by atoms with E-state index in [1.165, 1.54) is 0 Å². The first-order valence-electron chi connectivity index (χ1n) is 6.15. The summed E-state index contributed by atoms with van der Waals surface area (Å²) in [6, 6.07) is 17.2. The molecule has 1 aromatic heterocycles. The number of pyridine rings is 1. The average molecular weight is 304 g/mol. The van der Waals surface area contributed by atoms with Gasteiger partial charge < -0.3 is 4.74 Å². The minimum atomic E-state index is 0.389. The van der Waals surface area contributed by atoms with Crippen LogP contribution in [-0.4, -0.2) is 4.98 Å². The molecule has 0 fully saturated rings. The number of hydrogen-bond acceptors (Lipinski definition) is 2. The number of fused-ring (bicyclic) bond motifs is 1. The number of aromatic nitrogens is 1. The van der Waals surface area contributed by atoms with Gasteiger partial charge in [0.15, 0.2) is 0 Å². The first-order valence-corrected chi connectivity index (χ1v) is 6.90. The van der Waals surface area contributed by atoms with Gasteiger partial charge in [-0.3, -0.25) is 0 Å². The van der Waals surface area contributed by atoms with E-state index in [9.17, 15) is 0 Å². The minimum absolute atomic E-state index is 0.389. The van der Waals surface area contributed by atoms with E-state index >= 15 is 0 Å². The molecule has 0 radical (unpaired) electrons. The molecule has 0 saturated heterocycles. The van der Waals surface area contributed by atoms with Crippen molar-refractivity contribution in [2.75, 3.05) is 0 Å². The van der Waals surface area contributed by atoms with Crippen LogP contribution in [0.1, 0.15) is 5.56 Å². The molecule has 4 heteroatoms. The maximum atomic E-state index is 6.17. The maximum Gasteiger partial charge on any atom is 0.131 e. The van der Waals surface area contributed by atoms with Crippen molar-refractivity contribution in [3.8, 4) is 5.75 Å². The van der Waals surface area contributed by atoms with Crippen LogP contribution in [0.3, 0.4) is 0 Å². The zero-order valence-electron chi connectivity index (χ0n) is 10.5. The molecule has 100 valence electrons. The molecule has 2 nitrogen and oxygen atoms in total. The Morgan fingerprint density at radius 1 is 0.950 bits per heavy atom. The summed E-state index contributed by atoms with van der Waals surface area (Å²) in [6.07, 6.45) is 0. The van der Waals surface area contributed by atoms with Crippen LogP contribution in [0, 0.1) is 0 Å². The third-order valence-electron chi connectivity index (χ3n) is 2.95. The zero-order chi connectivity index (χ0) is 13.9. The van der Waals surface area contributed by atoms with Crippen LogP contribution in [0.25, 0.3) is 10.9 Å². The predicted molar refractivity (Wildman–Crippen MR) is 82.5 cm³/mol. The smallest absolute Gasteiger partial charge is 0.131 e. The summed E-state index contributed by atoms with van der Waals surface area (Å²) in [7, 11) is 0. The molecular weight excluding hydrogens is 293 g/mol. The van der Waals surface area contributed by atoms with Crippen LogP contribution in [0.15, 0.2) is 54.6 Å². The van der Waals surface area contributed by atoms with E-state index in [4.69, 9.17) is 27.9 Å². The van der Waals surface area contributed by atoms with Crippen LogP contribution >= 0.6 is 23.2 Å². The third kappa shape index (κ3) is 2.87. The van der Waals surface area contributed by atoms with Crippen LogP contribution in [0.4, 0.5) is 0 Å². The Morgan fingerprint density at radius 2 is 1.75 bits per heavy atom. The molecule has 0 unspecified atom stereocenters. The van der Waals surface area contributed by atoms with Gasteiger partial charge in [-0.05, 0) is 29.8 Å². The summed E-state index contributed by atoms with van der Waals surface area (Å²) in [5, 5.41) is 1.80. The van der Waals surface area contributed by atoms with Gasteiger partial charge in [0.05, 0.1) is 10.5 Å². The highest BCUT2D eigenvalue weighted by atomic mass is 35.5. The third-order valence-corrected chi connectivity index (χ3v) is 3.45. The monoisotopic (exact) mass is 303 g/mol. The zero-order valence-corrected chi connectivity index (χ0v) is 12.0. The van der Waals surface area contributed by atoms with Crippen molar-refractivity contribution in [2.45, 2.75) is 6.61 Å². The Hall–Kier alpha value is -1.77. The second-order valence-electron chi connectivity index (χ2n) is 4.38. The number of nitrogens with zero attached hydrogens (tertiary/aromatic N) is 1. The van der Waals surface area contributed by atoms with Gasteiger partial charge in [0, 0.05) is 5.39 Å². The van der Waals surface area contributed by atoms with E-state index in [-0.39, 0.29) is 0 Å². The number of ether oxygens (including phenoxy) is 1. The van der Waals surface area contributed by atoms with Gasteiger partial charge in [-0.1, -0.05) is 53.5 Å². The summed E-state index contributed by atoms with van der Waals surface area (Å²) in [5.74, 6) is 0.757. The van der Waals surface area contributed by atoms with Gasteiger partial charge in [-0.25, -0.2) is 4.98 Å². The van der Waals surface area contributed by atoms with E-state index < -0.39 is 0 Å². The fourth-order valence-electron chi connectivity index (χ4n) is 1.96. The lowest BCUT2D eigenvalue weighted by Crippen LogP contribution is -1.95. The van der Waals surface area contributed by atoms with Crippen molar-refractivity contribution in [1.29, 1.82) is 0 Å². The Kier molecular flexibility index (Phi) is 3.77. The fraction of sp³-hybridized carbons (Fsp3) is 0.0625. The molecule has 0 atom stereocenters. The van der Waals surface area contributed by atoms with Gasteiger partial charge in [0.25, 0.3) is 0 Å². The van der Waals surface area contributed by atoms with E-state index in [2.05, 4.69) is 4.98 Å². The number of benzene rings is 2. The van der Waals surface area contributed by atoms with E-state index in [0.29, 0.717) is 16.8 Å². The molecule has 0 aliphatic heterocycles. The average Bonchev–Trinajstić information content (AvgIpc) is 2.46. The fourth-order valence-corrected chi connectivity index (χ4v) is 2.48. The molecule has 0 amide bonds. The lowest BCUT2D eigenvalue weighted by atomic mass is 10.2. The van der Waals surface area contributed by atoms with Crippen molar-refractivity contribution in [1.82, 2.24) is 4.98 Å². The van der Waals surface area contributed by atoms with E-state index in [1.807, 2.05) is 48.5 Å². The Morgan fingerprint density at radius 3 is 2.55 bits per heavy atom. The van der Waals surface area contributed by atoms with Crippen LogP contribution in [-0.2, 0) is 6.61 Å². The normalized spacial score (nSPS) is 10.7. The molecule has 3 rings (SSSR count). The van der Waals surface area contributed by atoms with Gasteiger partial charge in [-0.2, -0.15) is 0 Å². The Bertz CT molecular complexity index is 744. The topological polar surface area (TPSA) is 22.1 Å².